The Morgan fingerprint density at radius 1 is 1.59 bits per heavy atom. The van der Waals surface area contributed by atoms with E-state index < -0.39 is 0 Å². The highest BCUT2D eigenvalue weighted by molar-refractivity contribution is 7.09. The van der Waals surface area contributed by atoms with Crippen LogP contribution >= 0.6 is 11.3 Å². The van der Waals surface area contributed by atoms with Crippen LogP contribution in [0.25, 0.3) is 0 Å². The van der Waals surface area contributed by atoms with Gasteiger partial charge in [0, 0.05) is 37.1 Å². The summed E-state index contributed by atoms with van der Waals surface area (Å²) in [5.41, 5.74) is 0. The lowest BCUT2D eigenvalue weighted by Gasteiger charge is -2.31. The summed E-state index contributed by atoms with van der Waals surface area (Å²) in [4.78, 5) is 6.30. The second kappa shape index (κ2) is 6.50. The van der Waals surface area contributed by atoms with Gasteiger partial charge < -0.3 is 15.1 Å². The Bertz CT molecular complexity index is 312. The number of nitrogens with one attached hydrogen (secondary N) is 1. The van der Waals surface area contributed by atoms with Gasteiger partial charge in [-0.25, -0.2) is 0 Å². The molecule has 2 rings (SSSR count). The minimum atomic E-state index is 0.666. The summed E-state index contributed by atoms with van der Waals surface area (Å²) in [6, 6.07) is 5.01. The summed E-state index contributed by atoms with van der Waals surface area (Å²) in [5.74, 6) is 0. The second-order valence-corrected chi connectivity index (χ2v) is 6.05. The van der Waals surface area contributed by atoms with Crippen LogP contribution in [0, 0.1) is 0 Å². The van der Waals surface area contributed by atoms with Gasteiger partial charge in [0.25, 0.3) is 0 Å². The molecule has 1 aromatic heterocycles. The van der Waals surface area contributed by atoms with E-state index in [0.29, 0.717) is 6.04 Å². The first kappa shape index (κ1) is 13.0. The Balaban J connectivity index is 1.67. The molecule has 0 spiro atoms. The lowest BCUT2D eigenvalue weighted by molar-refractivity contribution is 0.213. The molecule has 1 aromatic rings. The van der Waals surface area contributed by atoms with Gasteiger partial charge in [-0.05, 0) is 38.5 Å². The molecule has 1 saturated heterocycles. The highest BCUT2D eigenvalue weighted by Crippen LogP contribution is 2.11. The van der Waals surface area contributed by atoms with Crippen molar-refractivity contribution < 1.29 is 0 Å². The Labute approximate surface area is 108 Å². The van der Waals surface area contributed by atoms with Crippen molar-refractivity contribution in [3.63, 3.8) is 0 Å². The lowest BCUT2D eigenvalue weighted by Crippen LogP contribution is -2.49. The second-order valence-electron chi connectivity index (χ2n) is 5.02. The van der Waals surface area contributed by atoms with Crippen LogP contribution in [0.3, 0.4) is 0 Å². The van der Waals surface area contributed by atoms with Crippen LogP contribution in [0.1, 0.15) is 11.3 Å². The average Bonchev–Trinajstić information content (AvgIpc) is 2.79. The quantitative estimate of drug-likeness (QED) is 0.857. The van der Waals surface area contributed by atoms with Gasteiger partial charge in [0.1, 0.15) is 0 Å². The minimum absolute atomic E-state index is 0.666. The van der Waals surface area contributed by atoms with Gasteiger partial charge in [0.15, 0.2) is 0 Å². The molecule has 0 aromatic carbocycles. The number of rotatable bonds is 5. The van der Waals surface area contributed by atoms with Gasteiger partial charge in [-0.3, -0.25) is 0 Å². The van der Waals surface area contributed by atoms with E-state index in [1.165, 1.54) is 30.9 Å². The summed E-state index contributed by atoms with van der Waals surface area (Å²) in [6.07, 6.45) is 1.24. The molecule has 2 heterocycles. The van der Waals surface area contributed by atoms with Crippen molar-refractivity contribution in [2.45, 2.75) is 19.0 Å². The Morgan fingerprint density at radius 2 is 2.47 bits per heavy atom. The third kappa shape index (κ3) is 4.39. The Hall–Kier alpha value is -0.420. The van der Waals surface area contributed by atoms with E-state index >= 15 is 0 Å². The number of hydrogen-bond acceptors (Lipinski definition) is 4. The molecular formula is C13H23N3S. The van der Waals surface area contributed by atoms with Gasteiger partial charge in [-0.2, -0.15) is 0 Å². The van der Waals surface area contributed by atoms with Crippen LogP contribution in [0.15, 0.2) is 17.5 Å². The topological polar surface area (TPSA) is 18.5 Å². The van der Waals surface area contributed by atoms with Crippen molar-refractivity contribution in [1.29, 1.82) is 0 Å². The smallest absolute Gasteiger partial charge is 0.0324 e. The van der Waals surface area contributed by atoms with Gasteiger partial charge >= 0.3 is 0 Å². The molecule has 0 amide bonds. The predicted molar refractivity (Wildman–Crippen MR) is 74.6 cm³/mol. The summed E-state index contributed by atoms with van der Waals surface area (Å²) >= 11 is 1.85. The third-order valence-electron chi connectivity index (χ3n) is 3.32. The largest absolute Gasteiger partial charge is 0.311 e. The summed E-state index contributed by atoms with van der Waals surface area (Å²) in [5, 5.41) is 5.75. The number of piperazine rings is 1. The minimum Gasteiger partial charge on any atom is -0.311 e. The number of likely N-dealkylation sites (N-methyl/N-ethyl adjacent to an activating group) is 1. The lowest BCUT2D eigenvalue weighted by atomic mass is 10.1. The number of thiophene rings is 1. The van der Waals surface area contributed by atoms with Gasteiger partial charge in [0.2, 0.25) is 0 Å². The summed E-state index contributed by atoms with van der Waals surface area (Å²) in [7, 11) is 4.43. The molecule has 0 bridgehead atoms. The first-order chi connectivity index (χ1) is 8.24. The normalized spacial score (nSPS) is 22.2. The van der Waals surface area contributed by atoms with Crippen LogP contribution in [0.2, 0.25) is 0 Å². The van der Waals surface area contributed by atoms with Crippen molar-refractivity contribution in [2.24, 2.45) is 0 Å². The first-order valence-electron chi connectivity index (χ1n) is 6.37. The molecule has 0 saturated carbocycles. The molecule has 1 atom stereocenters. The van der Waals surface area contributed by atoms with E-state index in [9.17, 15) is 0 Å². The first-order valence-corrected chi connectivity index (χ1v) is 7.25. The van der Waals surface area contributed by atoms with Crippen LogP contribution in [0.4, 0.5) is 0 Å². The van der Waals surface area contributed by atoms with E-state index in [0.717, 1.165) is 13.1 Å². The molecule has 1 fully saturated rings. The zero-order valence-corrected chi connectivity index (χ0v) is 11.7. The average molecular weight is 253 g/mol. The zero-order chi connectivity index (χ0) is 12.1. The maximum absolute atomic E-state index is 3.60. The fourth-order valence-electron chi connectivity index (χ4n) is 2.31. The predicted octanol–water partition coefficient (Wildman–Crippen LogP) is 1.47. The van der Waals surface area contributed by atoms with Crippen molar-refractivity contribution in [2.75, 3.05) is 40.3 Å². The molecule has 4 heteroatoms. The van der Waals surface area contributed by atoms with Crippen LogP contribution in [0.5, 0.6) is 0 Å². The van der Waals surface area contributed by atoms with E-state index in [1.807, 2.05) is 11.3 Å². The van der Waals surface area contributed by atoms with E-state index in [2.05, 4.69) is 46.7 Å². The van der Waals surface area contributed by atoms with Crippen molar-refractivity contribution >= 4 is 11.3 Å². The highest BCUT2D eigenvalue weighted by atomic mass is 32.1. The van der Waals surface area contributed by atoms with Crippen LogP contribution in [-0.2, 0) is 6.54 Å². The van der Waals surface area contributed by atoms with Gasteiger partial charge in [-0.15, -0.1) is 11.3 Å². The van der Waals surface area contributed by atoms with Gasteiger partial charge in [-0.1, -0.05) is 6.07 Å². The molecule has 1 aliphatic heterocycles. The highest BCUT2D eigenvalue weighted by Gasteiger charge is 2.16. The molecular weight excluding hydrogens is 230 g/mol. The Morgan fingerprint density at radius 3 is 3.18 bits per heavy atom. The standard InChI is InChI=1S/C13H23N3S/c1-15(11-13-4-3-9-17-13)7-5-12-10-16(2)8-6-14-12/h3-4,9,12,14H,5-8,10-11H2,1-2H3. The SMILES string of the molecule is CN(CCC1CN(C)CCN1)Cc1cccs1. The van der Waals surface area contributed by atoms with E-state index in [-0.39, 0.29) is 0 Å². The zero-order valence-electron chi connectivity index (χ0n) is 10.9. The molecule has 1 unspecified atom stereocenters. The van der Waals surface area contributed by atoms with E-state index in [1.54, 1.807) is 0 Å². The fourth-order valence-corrected chi connectivity index (χ4v) is 3.09. The number of nitrogens with zero attached hydrogens (tertiary/aromatic N) is 2. The molecule has 3 nitrogen and oxygen atoms in total. The van der Waals surface area contributed by atoms with E-state index in [4.69, 9.17) is 0 Å². The van der Waals surface area contributed by atoms with Crippen molar-refractivity contribution in [3.05, 3.63) is 22.4 Å². The molecule has 17 heavy (non-hydrogen) atoms. The van der Waals surface area contributed by atoms with Crippen LogP contribution < -0.4 is 5.32 Å². The maximum Gasteiger partial charge on any atom is 0.0324 e. The number of hydrogen-bond donors (Lipinski definition) is 1. The summed E-state index contributed by atoms with van der Waals surface area (Å²) in [6.45, 7) is 5.76. The van der Waals surface area contributed by atoms with Crippen LogP contribution in [-0.4, -0.2) is 56.1 Å². The Kier molecular flexibility index (Phi) is 4.98. The molecule has 0 aliphatic carbocycles. The molecule has 0 radical (unpaired) electrons. The van der Waals surface area contributed by atoms with Gasteiger partial charge in [0.05, 0.1) is 0 Å². The monoisotopic (exact) mass is 253 g/mol. The maximum atomic E-state index is 3.60. The summed E-state index contributed by atoms with van der Waals surface area (Å²) < 4.78 is 0. The molecule has 96 valence electrons. The fraction of sp³-hybridized carbons (Fsp3) is 0.692. The third-order valence-corrected chi connectivity index (χ3v) is 4.18. The van der Waals surface area contributed by atoms with Crippen molar-refractivity contribution in [1.82, 2.24) is 15.1 Å². The van der Waals surface area contributed by atoms with Crippen molar-refractivity contribution in [3.8, 4) is 0 Å². The molecule has 1 N–H and O–H groups in total. The molecule has 1 aliphatic rings.